The summed E-state index contributed by atoms with van der Waals surface area (Å²) in [5, 5.41) is 2.82. The molecule has 1 amide bonds. The number of nitrogens with zero attached hydrogens (tertiary/aromatic N) is 2. The summed E-state index contributed by atoms with van der Waals surface area (Å²) < 4.78 is 7.46. The Hall–Kier alpha value is -2.79. The van der Waals surface area contributed by atoms with Gasteiger partial charge in [0.05, 0.1) is 18.0 Å². The number of aromatic nitrogens is 2. The van der Waals surface area contributed by atoms with Crippen molar-refractivity contribution in [2.45, 2.75) is 52.0 Å². The van der Waals surface area contributed by atoms with Crippen LogP contribution in [0.3, 0.4) is 0 Å². The zero-order chi connectivity index (χ0) is 23.3. The maximum atomic E-state index is 11.6. The highest BCUT2D eigenvalue weighted by molar-refractivity contribution is 6.17. The number of ether oxygens (including phenoxy) is 1. The standard InChI is InChI=1S/C27H34ClN3O2/c1-22-30-25(23-14-6-4-7-15-23)26(24-16-8-5-9-17-24)31(22)20-12-3-2-11-19-29-27(32)33-21-13-10-18-28/h4-9,14-17H,2-3,10-13,18-21H2,1H3,(H,29,32). The van der Waals surface area contributed by atoms with E-state index in [-0.39, 0.29) is 6.09 Å². The van der Waals surface area contributed by atoms with Gasteiger partial charge >= 0.3 is 6.09 Å². The van der Waals surface area contributed by atoms with Gasteiger partial charge in [0, 0.05) is 30.1 Å². The van der Waals surface area contributed by atoms with Gasteiger partial charge in [0.1, 0.15) is 5.82 Å². The van der Waals surface area contributed by atoms with E-state index in [4.69, 9.17) is 21.3 Å². The predicted molar refractivity (Wildman–Crippen MR) is 136 cm³/mol. The van der Waals surface area contributed by atoms with Gasteiger partial charge < -0.3 is 14.6 Å². The number of nitrogens with one attached hydrogen (secondary N) is 1. The molecule has 2 aromatic carbocycles. The number of amides is 1. The van der Waals surface area contributed by atoms with E-state index in [2.05, 4.69) is 65.3 Å². The summed E-state index contributed by atoms with van der Waals surface area (Å²) in [5.74, 6) is 1.63. The third kappa shape index (κ3) is 7.64. The number of imidazole rings is 1. The number of alkyl halides is 1. The number of hydrogen-bond donors (Lipinski definition) is 1. The van der Waals surface area contributed by atoms with Crippen LogP contribution in [0.1, 0.15) is 44.3 Å². The number of aryl methyl sites for hydroxylation is 1. The Bertz CT molecular complexity index is 974. The number of carbonyl (C=O) groups is 1. The molecule has 0 radical (unpaired) electrons. The van der Waals surface area contributed by atoms with Crippen LogP contribution >= 0.6 is 11.6 Å². The molecule has 33 heavy (non-hydrogen) atoms. The van der Waals surface area contributed by atoms with E-state index in [9.17, 15) is 4.79 Å². The highest BCUT2D eigenvalue weighted by Gasteiger charge is 2.17. The molecule has 3 rings (SSSR count). The van der Waals surface area contributed by atoms with E-state index >= 15 is 0 Å². The van der Waals surface area contributed by atoms with Crippen LogP contribution < -0.4 is 5.32 Å². The number of benzene rings is 2. The molecule has 0 bridgehead atoms. The minimum atomic E-state index is -0.334. The summed E-state index contributed by atoms with van der Waals surface area (Å²) in [4.78, 5) is 16.6. The molecular formula is C27H34ClN3O2. The maximum Gasteiger partial charge on any atom is 0.407 e. The molecule has 0 saturated heterocycles. The first-order chi connectivity index (χ1) is 16.2. The number of hydrogen-bond acceptors (Lipinski definition) is 3. The Morgan fingerprint density at radius 1 is 0.909 bits per heavy atom. The second-order valence-electron chi connectivity index (χ2n) is 8.11. The first kappa shape index (κ1) is 24.8. The monoisotopic (exact) mass is 467 g/mol. The van der Waals surface area contributed by atoms with Crippen LogP contribution in [0.5, 0.6) is 0 Å². The fourth-order valence-electron chi connectivity index (χ4n) is 3.88. The summed E-state index contributed by atoms with van der Waals surface area (Å²) >= 11 is 5.62. The molecule has 0 atom stereocenters. The van der Waals surface area contributed by atoms with Gasteiger partial charge in [0.15, 0.2) is 0 Å². The average molecular weight is 468 g/mol. The van der Waals surface area contributed by atoms with Gasteiger partial charge in [-0.1, -0.05) is 73.5 Å². The Balaban J connectivity index is 1.51. The summed E-state index contributed by atoms with van der Waals surface area (Å²) in [7, 11) is 0. The maximum absolute atomic E-state index is 11.6. The van der Waals surface area contributed by atoms with Gasteiger partial charge in [-0.05, 0) is 32.6 Å². The predicted octanol–water partition coefficient (Wildman–Crippen LogP) is 6.83. The highest BCUT2D eigenvalue weighted by atomic mass is 35.5. The molecule has 0 aliphatic carbocycles. The van der Waals surface area contributed by atoms with Crippen molar-refractivity contribution in [1.82, 2.24) is 14.9 Å². The Morgan fingerprint density at radius 2 is 1.58 bits per heavy atom. The molecule has 0 spiro atoms. The third-order valence-electron chi connectivity index (χ3n) is 5.59. The smallest absolute Gasteiger partial charge is 0.407 e. The van der Waals surface area contributed by atoms with E-state index in [1.54, 1.807) is 0 Å². The molecule has 3 aromatic rings. The van der Waals surface area contributed by atoms with Crippen LogP contribution in [0, 0.1) is 6.92 Å². The van der Waals surface area contributed by atoms with Gasteiger partial charge in [-0.2, -0.15) is 0 Å². The quantitative estimate of drug-likeness (QED) is 0.221. The Labute approximate surface area is 202 Å². The molecule has 176 valence electrons. The number of rotatable bonds is 13. The van der Waals surface area contributed by atoms with Crippen LogP contribution in [-0.2, 0) is 11.3 Å². The number of carbonyl (C=O) groups excluding carboxylic acids is 1. The van der Waals surface area contributed by atoms with E-state index in [0.29, 0.717) is 19.0 Å². The molecule has 0 aliphatic rings. The van der Waals surface area contributed by atoms with Crippen molar-refractivity contribution in [2.24, 2.45) is 0 Å². The molecule has 0 fully saturated rings. The van der Waals surface area contributed by atoms with E-state index in [1.807, 2.05) is 12.1 Å². The fraction of sp³-hybridized carbons (Fsp3) is 0.407. The number of unbranched alkanes of at least 4 members (excludes halogenated alkanes) is 4. The number of alkyl carbamates (subject to hydrolysis) is 1. The van der Waals surface area contributed by atoms with Crippen molar-refractivity contribution in [3.8, 4) is 22.5 Å². The zero-order valence-corrected chi connectivity index (χ0v) is 20.2. The third-order valence-corrected chi connectivity index (χ3v) is 5.86. The lowest BCUT2D eigenvalue weighted by Gasteiger charge is -2.12. The van der Waals surface area contributed by atoms with Gasteiger partial charge in [0.25, 0.3) is 0 Å². The molecule has 1 aromatic heterocycles. The Kier molecular flexibility index (Phi) is 10.3. The minimum absolute atomic E-state index is 0.334. The molecule has 1 N–H and O–H groups in total. The van der Waals surface area contributed by atoms with Gasteiger partial charge in [-0.25, -0.2) is 9.78 Å². The lowest BCUT2D eigenvalue weighted by molar-refractivity contribution is 0.144. The normalized spacial score (nSPS) is 10.8. The first-order valence-electron chi connectivity index (χ1n) is 11.8. The zero-order valence-electron chi connectivity index (χ0n) is 19.4. The van der Waals surface area contributed by atoms with Gasteiger partial charge in [0.2, 0.25) is 0 Å². The molecule has 0 unspecified atom stereocenters. The fourth-order valence-corrected chi connectivity index (χ4v) is 4.06. The molecule has 0 saturated carbocycles. The van der Waals surface area contributed by atoms with Crippen LogP contribution in [0.4, 0.5) is 4.79 Å². The van der Waals surface area contributed by atoms with Crippen LogP contribution in [0.2, 0.25) is 0 Å². The summed E-state index contributed by atoms with van der Waals surface area (Å²) in [6.07, 6.45) is 5.51. The van der Waals surface area contributed by atoms with E-state index in [0.717, 1.165) is 62.2 Å². The van der Waals surface area contributed by atoms with Crippen molar-refractivity contribution in [2.75, 3.05) is 19.0 Å². The van der Waals surface area contributed by atoms with Crippen molar-refractivity contribution in [3.63, 3.8) is 0 Å². The second-order valence-corrected chi connectivity index (χ2v) is 8.49. The first-order valence-corrected chi connectivity index (χ1v) is 12.4. The molecule has 1 heterocycles. The van der Waals surface area contributed by atoms with E-state index < -0.39 is 0 Å². The largest absolute Gasteiger partial charge is 0.450 e. The van der Waals surface area contributed by atoms with Crippen molar-refractivity contribution < 1.29 is 9.53 Å². The molecular weight excluding hydrogens is 434 g/mol. The number of halogens is 1. The van der Waals surface area contributed by atoms with Crippen LogP contribution in [0.15, 0.2) is 60.7 Å². The average Bonchev–Trinajstić information content (AvgIpc) is 3.18. The van der Waals surface area contributed by atoms with Crippen LogP contribution in [0.25, 0.3) is 22.5 Å². The second kappa shape index (κ2) is 13.7. The van der Waals surface area contributed by atoms with Crippen LogP contribution in [-0.4, -0.2) is 34.7 Å². The highest BCUT2D eigenvalue weighted by Crippen LogP contribution is 2.33. The molecule has 0 aliphatic heterocycles. The summed E-state index contributed by atoms with van der Waals surface area (Å²) in [5.41, 5.74) is 4.54. The SMILES string of the molecule is Cc1nc(-c2ccccc2)c(-c2ccccc2)n1CCCCCCNC(=O)OCCCCCl. The minimum Gasteiger partial charge on any atom is -0.450 e. The molecule has 5 nitrogen and oxygen atoms in total. The van der Waals surface area contributed by atoms with Gasteiger partial charge in [-0.15, -0.1) is 11.6 Å². The lowest BCUT2D eigenvalue weighted by Crippen LogP contribution is -2.25. The topological polar surface area (TPSA) is 56.2 Å². The van der Waals surface area contributed by atoms with Crippen molar-refractivity contribution in [3.05, 3.63) is 66.5 Å². The summed E-state index contributed by atoms with van der Waals surface area (Å²) in [6, 6.07) is 20.9. The van der Waals surface area contributed by atoms with Crippen molar-refractivity contribution in [1.29, 1.82) is 0 Å². The van der Waals surface area contributed by atoms with E-state index in [1.165, 1.54) is 11.3 Å². The summed E-state index contributed by atoms with van der Waals surface area (Å²) in [6.45, 7) is 4.08. The van der Waals surface area contributed by atoms with Gasteiger partial charge in [-0.3, -0.25) is 0 Å². The van der Waals surface area contributed by atoms with Crippen molar-refractivity contribution >= 4 is 17.7 Å². The Morgan fingerprint density at radius 3 is 2.27 bits per heavy atom. The molecule has 6 heteroatoms. The lowest BCUT2D eigenvalue weighted by atomic mass is 10.0.